The van der Waals surface area contributed by atoms with Crippen LogP contribution in [0.25, 0.3) is 0 Å². The Morgan fingerprint density at radius 2 is 1.86 bits per heavy atom. The fraction of sp³-hybridized carbons (Fsp3) is 0.312. The van der Waals surface area contributed by atoms with Gasteiger partial charge >= 0.3 is 0 Å². The summed E-state index contributed by atoms with van der Waals surface area (Å²) in [7, 11) is 0. The molecule has 0 aliphatic carbocycles. The van der Waals surface area contributed by atoms with Gasteiger partial charge in [-0.1, -0.05) is 0 Å². The van der Waals surface area contributed by atoms with Crippen LogP contribution in [-0.2, 0) is 0 Å². The van der Waals surface area contributed by atoms with E-state index in [0.717, 1.165) is 31.6 Å². The van der Waals surface area contributed by atoms with E-state index < -0.39 is 0 Å². The molecule has 1 saturated heterocycles. The van der Waals surface area contributed by atoms with Gasteiger partial charge in [0.2, 0.25) is 5.95 Å². The second kappa shape index (κ2) is 6.09. The van der Waals surface area contributed by atoms with E-state index in [4.69, 9.17) is 0 Å². The number of rotatable bonds is 3. The van der Waals surface area contributed by atoms with Crippen LogP contribution in [0.1, 0.15) is 29.0 Å². The van der Waals surface area contributed by atoms with Crippen molar-refractivity contribution in [2.75, 3.05) is 23.3 Å². The smallest absolute Gasteiger partial charge is 0.274 e. The molecule has 1 aliphatic heterocycles. The molecule has 5 nitrogen and oxygen atoms in total. The molecular weight excluding hydrogens is 283 g/mol. The Bertz CT molecular complexity index is 681. The Balaban J connectivity index is 1.80. The number of carbonyl (C=O) groups is 1. The monoisotopic (exact) mass is 300 g/mol. The van der Waals surface area contributed by atoms with E-state index in [1.165, 1.54) is 24.3 Å². The summed E-state index contributed by atoms with van der Waals surface area (Å²) in [5.74, 6) is -0.0634. The van der Waals surface area contributed by atoms with Crippen molar-refractivity contribution in [1.82, 2.24) is 9.97 Å². The summed E-state index contributed by atoms with van der Waals surface area (Å²) in [6.45, 7) is 3.68. The van der Waals surface area contributed by atoms with Crippen LogP contribution in [0.15, 0.2) is 30.3 Å². The third-order valence-electron chi connectivity index (χ3n) is 3.57. The van der Waals surface area contributed by atoms with Crippen molar-refractivity contribution in [3.8, 4) is 0 Å². The van der Waals surface area contributed by atoms with E-state index in [0.29, 0.717) is 17.3 Å². The number of carbonyl (C=O) groups excluding carboxylic acids is 1. The normalized spacial score (nSPS) is 14.2. The molecule has 0 radical (unpaired) electrons. The number of nitrogens with zero attached hydrogens (tertiary/aromatic N) is 3. The number of hydrogen-bond donors (Lipinski definition) is 1. The lowest BCUT2D eigenvalue weighted by Gasteiger charge is -2.16. The second-order valence-electron chi connectivity index (χ2n) is 5.35. The Hall–Kier alpha value is -2.50. The highest BCUT2D eigenvalue weighted by Gasteiger charge is 2.18. The topological polar surface area (TPSA) is 58.1 Å². The van der Waals surface area contributed by atoms with Crippen molar-refractivity contribution < 1.29 is 9.18 Å². The van der Waals surface area contributed by atoms with Crippen LogP contribution in [-0.4, -0.2) is 29.0 Å². The summed E-state index contributed by atoms with van der Waals surface area (Å²) in [6, 6.07) is 7.29. The summed E-state index contributed by atoms with van der Waals surface area (Å²) >= 11 is 0. The van der Waals surface area contributed by atoms with Gasteiger partial charge in [-0.2, -0.15) is 0 Å². The maximum Gasteiger partial charge on any atom is 0.274 e. The molecule has 6 heteroatoms. The zero-order chi connectivity index (χ0) is 15.5. The van der Waals surface area contributed by atoms with Crippen LogP contribution < -0.4 is 10.2 Å². The Labute approximate surface area is 128 Å². The largest absolute Gasteiger partial charge is 0.341 e. The maximum absolute atomic E-state index is 12.9. The number of amides is 1. The molecule has 3 rings (SSSR count). The van der Waals surface area contributed by atoms with Crippen molar-refractivity contribution in [3.05, 3.63) is 47.5 Å². The van der Waals surface area contributed by atoms with Gasteiger partial charge in [0.1, 0.15) is 11.5 Å². The predicted molar refractivity (Wildman–Crippen MR) is 82.6 cm³/mol. The summed E-state index contributed by atoms with van der Waals surface area (Å²) in [5.41, 5.74) is 1.60. The zero-order valence-corrected chi connectivity index (χ0v) is 12.3. The van der Waals surface area contributed by atoms with Crippen molar-refractivity contribution in [2.45, 2.75) is 19.8 Å². The highest BCUT2D eigenvalue weighted by Crippen LogP contribution is 2.17. The van der Waals surface area contributed by atoms with Crippen LogP contribution in [0.3, 0.4) is 0 Å². The van der Waals surface area contributed by atoms with Crippen molar-refractivity contribution in [2.24, 2.45) is 0 Å². The van der Waals surface area contributed by atoms with Gasteiger partial charge in [0.25, 0.3) is 5.91 Å². The molecule has 1 aliphatic rings. The number of halogens is 1. The first-order valence-corrected chi connectivity index (χ1v) is 7.29. The van der Waals surface area contributed by atoms with E-state index in [-0.39, 0.29) is 11.7 Å². The van der Waals surface area contributed by atoms with Gasteiger partial charge in [-0.3, -0.25) is 4.79 Å². The molecule has 0 atom stereocenters. The summed E-state index contributed by atoms with van der Waals surface area (Å²) < 4.78 is 12.9. The Kier molecular flexibility index (Phi) is 4.00. The molecule has 1 N–H and O–H groups in total. The van der Waals surface area contributed by atoms with Gasteiger partial charge in [0.15, 0.2) is 0 Å². The summed E-state index contributed by atoms with van der Waals surface area (Å²) in [6.07, 6.45) is 2.24. The Morgan fingerprint density at radius 3 is 2.55 bits per heavy atom. The molecule has 22 heavy (non-hydrogen) atoms. The molecule has 1 aromatic heterocycles. The fourth-order valence-corrected chi connectivity index (χ4v) is 2.46. The number of benzene rings is 1. The number of anilines is 2. The van der Waals surface area contributed by atoms with Crippen LogP contribution in [0.5, 0.6) is 0 Å². The fourth-order valence-electron chi connectivity index (χ4n) is 2.46. The van der Waals surface area contributed by atoms with E-state index in [1.54, 1.807) is 6.07 Å². The average Bonchev–Trinajstić information content (AvgIpc) is 3.03. The van der Waals surface area contributed by atoms with E-state index in [1.807, 2.05) is 6.92 Å². The first-order chi connectivity index (χ1) is 10.6. The Morgan fingerprint density at radius 1 is 1.18 bits per heavy atom. The third kappa shape index (κ3) is 3.21. The molecule has 0 spiro atoms. The lowest BCUT2D eigenvalue weighted by Crippen LogP contribution is -2.23. The van der Waals surface area contributed by atoms with Crippen LogP contribution in [0.2, 0.25) is 0 Å². The first kappa shape index (κ1) is 14.4. The van der Waals surface area contributed by atoms with E-state index >= 15 is 0 Å². The zero-order valence-electron chi connectivity index (χ0n) is 12.3. The van der Waals surface area contributed by atoms with Crippen molar-refractivity contribution in [1.29, 1.82) is 0 Å². The van der Waals surface area contributed by atoms with Crippen LogP contribution >= 0.6 is 0 Å². The number of nitrogens with one attached hydrogen (secondary N) is 1. The standard InChI is InChI=1S/C16H17FN4O/c1-11-10-14(20-16(18-11)21-8-2-3-9-21)15(22)19-13-6-4-12(17)5-7-13/h4-7,10H,2-3,8-9H2,1H3,(H,19,22). The number of aromatic nitrogens is 2. The van der Waals surface area contributed by atoms with Crippen LogP contribution in [0.4, 0.5) is 16.0 Å². The third-order valence-corrected chi connectivity index (χ3v) is 3.57. The molecule has 2 heterocycles. The predicted octanol–water partition coefficient (Wildman–Crippen LogP) is 2.78. The maximum atomic E-state index is 12.9. The number of hydrogen-bond acceptors (Lipinski definition) is 4. The van der Waals surface area contributed by atoms with Crippen molar-refractivity contribution >= 4 is 17.5 Å². The average molecular weight is 300 g/mol. The first-order valence-electron chi connectivity index (χ1n) is 7.29. The highest BCUT2D eigenvalue weighted by atomic mass is 19.1. The SMILES string of the molecule is Cc1cc(C(=O)Nc2ccc(F)cc2)nc(N2CCCC2)n1. The lowest BCUT2D eigenvalue weighted by atomic mass is 10.3. The molecule has 1 aromatic carbocycles. The van der Waals surface area contributed by atoms with Gasteiger partial charge in [-0.25, -0.2) is 14.4 Å². The van der Waals surface area contributed by atoms with Gasteiger partial charge in [-0.05, 0) is 50.1 Å². The molecular formula is C16H17FN4O. The minimum absolute atomic E-state index is 0.318. The summed E-state index contributed by atoms with van der Waals surface area (Å²) in [5, 5.41) is 2.72. The molecule has 1 fully saturated rings. The van der Waals surface area contributed by atoms with Crippen LogP contribution in [0, 0.1) is 12.7 Å². The van der Waals surface area contributed by atoms with Gasteiger partial charge < -0.3 is 10.2 Å². The second-order valence-corrected chi connectivity index (χ2v) is 5.35. The molecule has 114 valence electrons. The number of aryl methyl sites for hydroxylation is 1. The van der Waals surface area contributed by atoms with Gasteiger partial charge in [-0.15, -0.1) is 0 Å². The van der Waals surface area contributed by atoms with E-state index in [2.05, 4.69) is 20.2 Å². The molecule has 1 amide bonds. The van der Waals surface area contributed by atoms with Gasteiger partial charge in [0, 0.05) is 24.5 Å². The minimum atomic E-state index is -0.341. The van der Waals surface area contributed by atoms with Crippen molar-refractivity contribution in [3.63, 3.8) is 0 Å². The molecule has 0 saturated carbocycles. The molecule has 0 bridgehead atoms. The molecule has 0 unspecified atom stereocenters. The highest BCUT2D eigenvalue weighted by molar-refractivity contribution is 6.03. The van der Waals surface area contributed by atoms with Gasteiger partial charge in [0.05, 0.1) is 0 Å². The summed E-state index contributed by atoms with van der Waals surface area (Å²) in [4.78, 5) is 23.1. The molecule has 2 aromatic rings. The minimum Gasteiger partial charge on any atom is -0.341 e. The van der Waals surface area contributed by atoms with E-state index in [9.17, 15) is 9.18 Å². The quantitative estimate of drug-likeness (QED) is 0.947. The lowest BCUT2D eigenvalue weighted by molar-refractivity contribution is 0.102.